The number of aromatic nitrogens is 1. The molecule has 0 aliphatic heterocycles. The normalized spacial score (nSPS) is 19.7. The van der Waals surface area contributed by atoms with E-state index in [0.717, 1.165) is 35.7 Å². The SMILES string of the molecule is CCNC(=NCc1nc(C(C)C)cs1)NCC1(O)CCc2ccccc21. The highest BCUT2D eigenvalue weighted by Gasteiger charge is 2.36. The zero-order chi connectivity index (χ0) is 18.6. The Hall–Kier alpha value is -1.92. The Bertz CT molecular complexity index is 771. The van der Waals surface area contributed by atoms with Crippen molar-refractivity contribution in [3.8, 4) is 0 Å². The molecule has 3 rings (SSSR count). The molecule has 1 aliphatic carbocycles. The Kier molecular flexibility index (Phi) is 5.94. The average molecular weight is 373 g/mol. The maximum Gasteiger partial charge on any atom is 0.191 e. The molecule has 1 unspecified atom stereocenters. The summed E-state index contributed by atoms with van der Waals surface area (Å²) in [6.45, 7) is 8.10. The second kappa shape index (κ2) is 8.18. The van der Waals surface area contributed by atoms with Gasteiger partial charge >= 0.3 is 0 Å². The summed E-state index contributed by atoms with van der Waals surface area (Å²) in [5.74, 6) is 1.15. The molecule has 2 aromatic rings. The van der Waals surface area contributed by atoms with Crippen molar-refractivity contribution in [1.82, 2.24) is 15.6 Å². The fourth-order valence-electron chi connectivity index (χ4n) is 3.23. The first-order valence-corrected chi connectivity index (χ1v) is 10.2. The van der Waals surface area contributed by atoms with Gasteiger partial charge in [-0.2, -0.15) is 0 Å². The van der Waals surface area contributed by atoms with E-state index in [0.29, 0.717) is 25.0 Å². The summed E-state index contributed by atoms with van der Waals surface area (Å²) in [5, 5.41) is 20.7. The molecule has 0 amide bonds. The summed E-state index contributed by atoms with van der Waals surface area (Å²) >= 11 is 1.65. The number of nitrogens with one attached hydrogen (secondary N) is 2. The van der Waals surface area contributed by atoms with Gasteiger partial charge in [0.1, 0.15) is 10.6 Å². The van der Waals surface area contributed by atoms with Gasteiger partial charge in [0.25, 0.3) is 0 Å². The van der Waals surface area contributed by atoms with Crippen LogP contribution in [-0.4, -0.2) is 29.1 Å². The van der Waals surface area contributed by atoms with Crippen molar-refractivity contribution in [2.45, 2.75) is 51.7 Å². The van der Waals surface area contributed by atoms with Crippen LogP contribution in [0.15, 0.2) is 34.6 Å². The summed E-state index contributed by atoms with van der Waals surface area (Å²) in [5.41, 5.74) is 2.56. The van der Waals surface area contributed by atoms with Gasteiger partial charge in [-0.3, -0.25) is 0 Å². The second-order valence-corrected chi connectivity index (χ2v) is 8.00. The third-order valence-electron chi connectivity index (χ3n) is 4.75. The minimum atomic E-state index is -0.835. The Labute approximate surface area is 159 Å². The summed E-state index contributed by atoms with van der Waals surface area (Å²) < 4.78 is 0. The number of hydrogen-bond acceptors (Lipinski definition) is 4. The van der Waals surface area contributed by atoms with Gasteiger partial charge in [-0.15, -0.1) is 11.3 Å². The molecule has 26 heavy (non-hydrogen) atoms. The fraction of sp³-hybridized carbons (Fsp3) is 0.500. The quantitative estimate of drug-likeness (QED) is 0.538. The standard InChI is InChI=1S/C20H28N4OS/c1-4-21-19(22-11-18-24-17(12-26-18)14(2)3)23-13-20(25)10-9-15-7-5-6-8-16(15)20/h5-8,12,14,25H,4,9-11,13H2,1-3H3,(H2,21,22,23). The zero-order valence-corrected chi connectivity index (χ0v) is 16.6. The smallest absolute Gasteiger partial charge is 0.191 e. The van der Waals surface area contributed by atoms with Crippen LogP contribution in [0.25, 0.3) is 0 Å². The van der Waals surface area contributed by atoms with Crippen LogP contribution in [0.5, 0.6) is 0 Å². The van der Waals surface area contributed by atoms with Crippen LogP contribution in [-0.2, 0) is 18.6 Å². The average Bonchev–Trinajstić information content (AvgIpc) is 3.24. The van der Waals surface area contributed by atoms with Crippen molar-refractivity contribution in [2.75, 3.05) is 13.1 Å². The van der Waals surface area contributed by atoms with Crippen molar-refractivity contribution >= 4 is 17.3 Å². The van der Waals surface area contributed by atoms with Crippen LogP contribution in [0.2, 0.25) is 0 Å². The van der Waals surface area contributed by atoms with Crippen LogP contribution in [0, 0.1) is 0 Å². The molecule has 1 atom stereocenters. The third kappa shape index (κ3) is 4.24. The van der Waals surface area contributed by atoms with Crippen molar-refractivity contribution in [2.24, 2.45) is 4.99 Å². The number of fused-ring (bicyclic) bond motifs is 1. The maximum absolute atomic E-state index is 11.1. The van der Waals surface area contributed by atoms with Gasteiger partial charge in [0.2, 0.25) is 0 Å². The first-order chi connectivity index (χ1) is 12.5. The monoisotopic (exact) mass is 372 g/mol. The fourth-order valence-corrected chi connectivity index (χ4v) is 4.11. The van der Waals surface area contributed by atoms with E-state index in [1.165, 1.54) is 5.56 Å². The molecule has 1 aromatic carbocycles. The van der Waals surface area contributed by atoms with E-state index < -0.39 is 5.60 Å². The van der Waals surface area contributed by atoms with E-state index in [-0.39, 0.29) is 0 Å². The number of benzene rings is 1. The number of hydrogen-bond donors (Lipinski definition) is 3. The minimum absolute atomic E-state index is 0.437. The Morgan fingerprint density at radius 2 is 2.15 bits per heavy atom. The van der Waals surface area contributed by atoms with Crippen LogP contribution in [0.1, 0.15) is 54.9 Å². The number of aliphatic hydroxyl groups is 1. The molecule has 3 N–H and O–H groups in total. The lowest BCUT2D eigenvalue weighted by Gasteiger charge is -2.25. The highest BCUT2D eigenvalue weighted by Crippen LogP contribution is 2.36. The highest BCUT2D eigenvalue weighted by molar-refractivity contribution is 7.09. The molecular weight excluding hydrogens is 344 g/mol. The molecule has 6 heteroatoms. The highest BCUT2D eigenvalue weighted by atomic mass is 32.1. The summed E-state index contributed by atoms with van der Waals surface area (Å²) in [7, 11) is 0. The van der Waals surface area contributed by atoms with Gasteiger partial charge in [-0.05, 0) is 36.8 Å². The molecule has 1 aromatic heterocycles. The number of rotatable bonds is 6. The van der Waals surface area contributed by atoms with Crippen LogP contribution in [0.4, 0.5) is 0 Å². The first kappa shape index (κ1) is 18.9. The Balaban J connectivity index is 1.65. The predicted molar refractivity (Wildman–Crippen MR) is 108 cm³/mol. The number of aliphatic imine (C=N–C) groups is 1. The molecule has 140 valence electrons. The predicted octanol–water partition coefficient (Wildman–Crippen LogP) is 3.16. The van der Waals surface area contributed by atoms with Crippen LogP contribution in [0.3, 0.4) is 0 Å². The van der Waals surface area contributed by atoms with Crippen molar-refractivity contribution < 1.29 is 5.11 Å². The topological polar surface area (TPSA) is 69.5 Å². The van der Waals surface area contributed by atoms with Crippen molar-refractivity contribution in [1.29, 1.82) is 0 Å². The molecule has 1 aliphatic rings. The second-order valence-electron chi connectivity index (χ2n) is 7.06. The van der Waals surface area contributed by atoms with E-state index in [9.17, 15) is 5.11 Å². The first-order valence-electron chi connectivity index (χ1n) is 9.29. The largest absolute Gasteiger partial charge is 0.383 e. The van der Waals surface area contributed by atoms with E-state index in [4.69, 9.17) is 0 Å². The van der Waals surface area contributed by atoms with Gasteiger partial charge in [0.15, 0.2) is 5.96 Å². The molecule has 0 bridgehead atoms. The van der Waals surface area contributed by atoms with E-state index in [1.807, 2.05) is 25.1 Å². The van der Waals surface area contributed by atoms with Crippen molar-refractivity contribution in [3.63, 3.8) is 0 Å². The minimum Gasteiger partial charge on any atom is -0.383 e. The van der Waals surface area contributed by atoms with Gasteiger partial charge in [0, 0.05) is 11.9 Å². The lowest BCUT2D eigenvalue weighted by Crippen LogP contribution is -2.45. The lowest BCUT2D eigenvalue weighted by atomic mass is 9.96. The van der Waals surface area contributed by atoms with Gasteiger partial charge in [0.05, 0.1) is 18.8 Å². The molecule has 0 saturated carbocycles. The van der Waals surface area contributed by atoms with Crippen LogP contribution >= 0.6 is 11.3 Å². The summed E-state index contributed by atoms with van der Waals surface area (Å²) in [6, 6.07) is 8.14. The van der Waals surface area contributed by atoms with Gasteiger partial charge in [-0.25, -0.2) is 9.98 Å². The molecular formula is C20H28N4OS. The van der Waals surface area contributed by atoms with E-state index >= 15 is 0 Å². The molecule has 1 heterocycles. The van der Waals surface area contributed by atoms with Gasteiger partial charge in [-0.1, -0.05) is 38.1 Å². The Morgan fingerprint density at radius 3 is 2.88 bits per heavy atom. The zero-order valence-electron chi connectivity index (χ0n) is 15.7. The molecule has 5 nitrogen and oxygen atoms in total. The number of aryl methyl sites for hydroxylation is 1. The summed E-state index contributed by atoms with van der Waals surface area (Å²) in [4.78, 5) is 9.26. The number of guanidine groups is 1. The van der Waals surface area contributed by atoms with E-state index in [2.05, 4.69) is 45.9 Å². The third-order valence-corrected chi connectivity index (χ3v) is 5.60. The Morgan fingerprint density at radius 1 is 1.35 bits per heavy atom. The van der Waals surface area contributed by atoms with Crippen molar-refractivity contribution in [3.05, 3.63) is 51.5 Å². The summed E-state index contributed by atoms with van der Waals surface area (Å²) in [6.07, 6.45) is 1.65. The molecule has 0 radical (unpaired) electrons. The number of nitrogens with zero attached hydrogens (tertiary/aromatic N) is 2. The van der Waals surface area contributed by atoms with E-state index in [1.54, 1.807) is 11.3 Å². The molecule has 0 saturated heterocycles. The lowest BCUT2D eigenvalue weighted by molar-refractivity contribution is 0.0432. The molecule has 0 spiro atoms. The van der Waals surface area contributed by atoms with Gasteiger partial charge < -0.3 is 15.7 Å². The van der Waals surface area contributed by atoms with Crippen LogP contribution < -0.4 is 10.6 Å². The molecule has 0 fully saturated rings. The number of thiazole rings is 1. The maximum atomic E-state index is 11.1.